The van der Waals surface area contributed by atoms with Crippen molar-refractivity contribution in [2.24, 2.45) is 5.73 Å². The van der Waals surface area contributed by atoms with Gasteiger partial charge in [0.25, 0.3) is 0 Å². The van der Waals surface area contributed by atoms with E-state index >= 15 is 0 Å². The summed E-state index contributed by atoms with van der Waals surface area (Å²) < 4.78 is 5.29. The van der Waals surface area contributed by atoms with E-state index in [2.05, 4.69) is 40.4 Å². The van der Waals surface area contributed by atoms with Gasteiger partial charge in [0.2, 0.25) is 23.6 Å². The molecular weight excluding hydrogens is 648 g/mol. The van der Waals surface area contributed by atoms with Gasteiger partial charge in [-0.05, 0) is 56.5 Å². The third-order valence-corrected chi connectivity index (χ3v) is 6.75. The molecule has 0 aliphatic rings. The lowest BCUT2D eigenvalue weighted by Gasteiger charge is -2.19. The van der Waals surface area contributed by atoms with Gasteiger partial charge in [0.15, 0.2) is 0 Å². The van der Waals surface area contributed by atoms with Crippen LogP contribution in [0.4, 0.5) is 15.3 Å². The molecule has 1 unspecified atom stereocenters. The molecule has 0 aliphatic heterocycles. The van der Waals surface area contributed by atoms with E-state index < -0.39 is 30.0 Å². The second-order valence-corrected chi connectivity index (χ2v) is 11.4. The molecule has 0 saturated carbocycles. The number of nitrogens with one attached hydrogen (secondary N) is 5. The predicted molar refractivity (Wildman–Crippen MR) is 191 cm³/mol. The van der Waals surface area contributed by atoms with Crippen LogP contribution in [0.3, 0.4) is 0 Å². The third-order valence-electron chi connectivity index (χ3n) is 6.75. The Bertz CT molecular complexity index is 1230. The van der Waals surface area contributed by atoms with Crippen molar-refractivity contribution in [3.8, 4) is 0 Å². The fourth-order valence-corrected chi connectivity index (χ4v) is 4.01. The normalized spacial score (nSPS) is 10.9. The number of unbranched alkanes of at least 4 members (excludes halogenated alkanes) is 2. The fraction of sp³-hybridized carbons (Fsp3) is 0.559. The van der Waals surface area contributed by atoms with E-state index in [4.69, 9.17) is 10.5 Å². The summed E-state index contributed by atoms with van der Waals surface area (Å²) in [7, 11) is 5.05. The Morgan fingerprint density at radius 2 is 1.56 bits per heavy atom. The number of anilines is 1. The molecule has 0 fully saturated rings. The van der Waals surface area contributed by atoms with Crippen molar-refractivity contribution in [2.45, 2.75) is 71.4 Å². The second kappa shape index (κ2) is 27.9. The maximum Gasteiger partial charge on any atom is 0.409 e. The molecule has 1 aromatic rings. The molecule has 1 aromatic carbocycles. The number of likely N-dealkylation sites (N-methyl/N-ethyl adjacent to an activating group) is 3. The number of nitrogens with zero attached hydrogens (tertiary/aromatic N) is 2. The zero-order valence-electron chi connectivity index (χ0n) is 30.0. The van der Waals surface area contributed by atoms with Crippen molar-refractivity contribution in [1.82, 2.24) is 31.1 Å². The van der Waals surface area contributed by atoms with Crippen LogP contribution in [0.1, 0.15) is 64.4 Å². The molecule has 0 radical (unpaired) electrons. The molecule has 50 heavy (non-hydrogen) atoms. The number of hydrogen-bond acceptors (Lipinski definition) is 9. The minimum absolute atomic E-state index is 0.0494. The first-order valence-corrected chi connectivity index (χ1v) is 16.8. The standard InChI is InChI=1S/C31H48N8O8.C3H8/c1-33-17-19-39(3)31(46)47-22-23-12-14-24(15-13-23)36-29(44)25(9-7-16-34-30(32)45)37-27(42)21-35-26(41)10-5-4-6-18-38(2)28(43)11-8-20-40;1-3-2/h8,11-15,20,25,33H,4-7,9-10,16-19,21-22H2,1-3H3,(H,35,41)(H,36,44)(H,37,42)(H3,32,34,45);3H2,1-2H3/b11-8-;. The summed E-state index contributed by atoms with van der Waals surface area (Å²) in [6, 6.07) is 4.99. The maximum atomic E-state index is 13.1. The topological polar surface area (TPSA) is 221 Å². The van der Waals surface area contributed by atoms with Gasteiger partial charge >= 0.3 is 12.1 Å². The van der Waals surface area contributed by atoms with Gasteiger partial charge in [0, 0.05) is 58.5 Å². The van der Waals surface area contributed by atoms with E-state index in [1.165, 1.54) is 22.3 Å². The lowest BCUT2D eigenvalue weighted by molar-refractivity contribution is -0.128. The molecule has 0 bridgehead atoms. The number of rotatable bonds is 22. The molecule has 7 amide bonds. The third kappa shape index (κ3) is 22.6. The Labute approximate surface area is 295 Å². The zero-order chi connectivity index (χ0) is 37.7. The van der Waals surface area contributed by atoms with Crippen molar-refractivity contribution in [3.05, 3.63) is 42.0 Å². The molecule has 0 saturated heterocycles. The molecule has 1 rings (SSSR count). The summed E-state index contributed by atoms with van der Waals surface area (Å²) in [6.45, 7) is 5.76. The Kier molecular flexibility index (Phi) is 25.1. The SMILES string of the molecule is CCC.CNCCN(C)C(=O)OCc1ccc(NC(=O)C(CCCNC(N)=O)NC(=O)CNC(=O)CCCCCN(C)C(=O)/C=C\C=O)cc1. The summed E-state index contributed by atoms with van der Waals surface area (Å²) in [6.07, 6.45) is 6.23. The van der Waals surface area contributed by atoms with E-state index in [1.54, 1.807) is 45.4 Å². The van der Waals surface area contributed by atoms with Gasteiger partial charge in [-0.25, -0.2) is 9.59 Å². The van der Waals surface area contributed by atoms with Crippen LogP contribution in [0.2, 0.25) is 0 Å². The van der Waals surface area contributed by atoms with Gasteiger partial charge in [-0.2, -0.15) is 0 Å². The van der Waals surface area contributed by atoms with Gasteiger partial charge < -0.3 is 46.9 Å². The minimum atomic E-state index is -0.969. The summed E-state index contributed by atoms with van der Waals surface area (Å²) in [5, 5.41) is 13.3. The number of allylic oxidation sites excluding steroid dienone is 1. The Balaban J connectivity index is 0.00000770. The number of urea groups is 1. The van der Waals surface area contributed by atoms with Crippen LogP contribution in [-0.4, -0.2) is 112 Å². The van der Waals surface area contributed by atoms with E-state index in [0.717, 1.165) is 6.08 Å². The number of primary amides is 1. The van der Waals surface area contributed by atoms with Gasteiger partial charge in [0.05, 0.1) is 6.54 Å². The Morgan fingerprint density at radius 1 is 0.880 bits per heavy atom. The number of hydrogen-bond donors (Lipinski definition) is 6. The van der Waals surface area contributed by atoms with Gasteiger partial charge in [-0.1, -0.05) is 38.8 Å². The average Bonchev–Trinajstić information content (AvgIpc) is 3.09. The van der Waals surface area contributed by atoms with Crippen LogP contribution in [0, 0.1) is 0 Å². The number of benzene rings is 1. The van der Waals surface area contributed by atoms with Crippen LogP contribution >= 0.6 is 0 Å². The van der Waals surface area contributed by atoms with Crippen molar-refractivity contribution in [1.29, 1.82) is 0 Å². The van der Waals surface area contributed by atoms with Crippen LogP contribution in [0.25, 0.3) is 0 Å². The first-order valence-electron chi connectivity index (χ1n) is 16.8. The lowest BCUT2D eigenvalue weighted by Crippen LogP contribution is -2.47. The highest BCUT2D eigenvalue weighted by atomic mass is 16.6. The van der Waals surface area contributed by atoms with E-state index in [0.29, 0.717) is 62.9 Å². The van der Waals surface area contributed by atoms with Crippen LogP contribution in [-0.2, 0) is 35.3 Å². The molecule has 0 aliphatic carbocycles. The number of carbonyl (C=O) groups is 7. The highest BCUT2D eigenvalue weighted by Gasteiger charge is 2.21. The second-order valence-electron chi connectivity index (χ2n) is 11.4. The van der Waals surface area contributed by atoms with Crippen LogP contribution in [0.5, 0.6) is 0 Å². The Hall–Kier alpha value is -4.99. The number of amides is 7. The predicted octanol–water partition coefficient (Wildman–Crippen LogP) is 1.65. The lowest BCUT2D eigenvalue weighted by atomic mass is 10.1. The summed E-state index contributed by atoms with van der Waals surface area (Å²) >= 11 is 0. The molecule has 280 valence electrons. The quantitative estimate of drug-likeness (QED) is 0.0586. The zero-order valence-corrected chi connectivity index (χ0v) is 30.0. The molecule has 0 aromatic heterocycles. The molecule has 0 spiro atoms. The first kappa shape index (κ1) is 45.0. The number of nitrogens with two attached hydrogens (primary N) is 1. The maximum absolute atomic E-state index is 13.1. The summed E-state index contributed by atoms with van der Waals surface area (Å²) in [4.78, 5) is 86.0. The van der Waals surface area contributed by atoms with Gasteiger partial charge in [-0.15, -0.1) is 0 Å². The number of aldehydes is 1. The number of carbonyl (C=O) groups excluding carboxylic acids is 7. The van der Waals surface area contributed by atoms with E-state index in [1.807, 2.05) is 0 Å². The minimum Gasteiger partial charge on any atom is -0.445 e. The summed E-state index contributed by atoms with van der Waals surface area (Å²) in [5.74, 6) is -1.68. The van der Waals surface area contributed by atoms with E-state index in [-0.39, 0.29) is 44.4 Å². The molecule has 16 nitrogen and oxygen atoms in total. The summed E-state index contributed by atoms with van der Waals surface area (Å²) in [5.41, 5.74) is 6.26. The first-order chi connectivity index (χ1) is 23.9. The monoisotopic (exact) mass is 704 g/mol. The smallest absolute Gasteiger partial charge is 0.409 e. The number of ether oxygens (including phenoxy) is 1. The van der Waals surface area contributed by atoms with Crippen molar-refractivity contribution >= 4 is 47.7 Å². The highest BCUT2D eigenvalue weighted by molar-refractivity contribution is 5.97. The highest BCUT2D eigenvalue weighted by Crippen LogP contribution is 2.12. The van der Waals surface area contributed by atoms with Crippen molar-refractivity contribution < 1.29 is 38.3 Å². The molecular formula is C34H56N8O8. The Morgan fingerprint density at radius 3 is 2.18 bits per heavy atom. The van der Waals surface area contributed by atoms with Crippen molar-refractivity contribution in [2.75, 3.05) is 59.2 Å². The average molecular weight is 705 g/mol. The molecule has 0 heterocycles. The van der Waals surface area contributed by atoms with E-state index in [9.17, 15) is 33.6 Å². The van der Waals surface area contributed by atoms with Gasteiger partial charge in [0.1, 0.15) is 18.9 Å². The largest absolute Gasteiger partial charge is 0.445 e. The van der Waals surface area contributed by atoms with Gasteiger partial charge in [-0.3, -0.25) is 24.0 Å². The molecule has 16 heteroatoms. The van der Waals surface area contributed by atoms with Crippen LogP contribution < -0.4 is 32.3 Å². The van der Waals surface area contributed by atoms with Crippen LogP contribution in [0.15, 0.2) is 36.4 Å². The fourth-order valence-electron chi connectivity index (χ4n) is 4.01. The molecule has 1 atom stereocenters. The van der Waals surface area contributed by atoms with Crippen molar-refractivity contribution in [3.63, 3.8) is 0 Å². The molecule has 7 N–H and O–H groups in total.